The van der Waals surface area contributed by atoms with Gasteiger partial charge in [-0.2, -0.15) is 8.78 Å². The molecule has 4 aromatic rings. The zero-order valence-electron chi connectivity index (χ0n) is 41.1. The normalized spacial score (nSPS) is 19.7. The van der Waals surface area contributed by atoms with Crippen LogP contribution >= 0.6 is 18.9 Å². The number of carbonyl (C=O) groups excluding carboxylic acids is 9. The first kappa shape index (κ1) is 54.1. The maximum absolute atomic E-state index is 14.9. The monoisotopic (exact) mass is 1070 g/mol. The number of fused-ring (bicyclic) bond motifs is 2. The Hall–Kier alpha value is -7.18. The Morgan fingerprint density at radius 3 is 2.35 bits per heavy atom. The van der Waals surface area contributed by atoms with Crippen LogP contribution in [0.1, 0.15) is 112 Å². The number of rotatable bonds is 12. The van der Waals surface area contributed by atoms with Gasteiger partial charge in [-0.05, 0) is 66.0 Å². The SMILES string of the molecule is CC(C)(C)[C@H](NC(=O)c1cc2cc(C(F)(F)P(=O)(O)O)ccc2s1)C(=O)N1CCN(C(=O)CC(=O)NCCC#Cc2cccc3c2C(=O)N(C2CCC(=O)NC2=O)C3=O)C[C@H]1C(=O)N1CCC[C@H](c2ccccc2)C1. The maximum atomic E-state index is 14.9. The molecule has 3 aromatic carbocycles. The van der Waals surface area contributed by atoms with Gasteiger partial charge in [0.2, 0.25) is 35.4 Å². The number of imide groups is 2. The summed E-state index contributed by atoms with van der Waals surface area (Å²) in [6.45, 7) is 5.39. The van der Waals surface area contributed by atoms with E-state index in [1.54, 1.807) is 37.8 Å². The number of thiophene rings is 1. The van der Waals surface area contributed by atoms with Gasteiger partial charge in [0, 0.05) is 67.3 Å². The van der Waals surface area contributed by atoms with Gasteiger partial charge in [0.25, 0.3) is 17.7 Å². The van der Waals surface area contributed by atoms with E-state index in [-0.39, 0.29) is 78.3 Å². The van der Waals surface area contributed by atoms with Crippen LogP contribution in [0.2, 0.25) is 0 Å². The second-order valence-electron chi connectivity index (χ2n) is 19.9. The minimum Gasteiger partial charge on any atom is -0.355 e. The summed E-state index contributed by atoms with van der Waals surface area (Å²) in [5.41, 5.74) is -5.03. The van der Waals surface area contributed by atoms with Crippen molar-refractivity contribution in [2.45, 2.75) is 89.0 Å². The minimum absolute atomic E-state index is 0.000301. The first-order chi connectivity index (χ1) is 35.4. The number of nitrogens with one attached hydrogen (secondary N) is 3. The Balaban J connectivity index is 0.942. The Morgan fingerprint density at radius 1 is 0.893 bits per heavy atom. The van der Waals surface area contributed by atoms with Crippen LogP contribution in [0, 0.1) is 17.3 Å². The van der Waals surface area contributed by atoms with Crippen LogP contribution in [0.15, 0.2) is 72.8 Å². The Bertz CT molecular complexity index is 3130. The van der Waals surface area contributed by atoms with E-state index < -0.39 is 102 Å². The predicted octanol–water partition coefficient (Wildman–Crippen LogP) is 4.07. The lowest BCUT2D eigenvalue weighted by molar-refractivity contribution is -0.155. The molecular formula is C52H54F2N7O12PS. The highest BCUT2D eigenvalue weighted by Gasteiger charge is 2.51. The number of alkyl halides is 2. The molecular weight excluding hydrogens is 1020 g/mol. The average Bonchev–Trinajstić information content (AvgIpc) is 3.92. The second kappa shape index (κ2) is 21.6. The molecule has 23 heteroatoms. The van der Waals surface area contributed by atoms with Gasteiger partial charge in [0.1, 0.15) is 24.5 Å². The first-order valence-electron chi connectivity index (χ1n) is 24.2. The molecule has 3 fully saturated rings. The van der Waals surface area contributed by atoms with Crippen LogP contribution in [0.5, 0.6) is 0 Å². The van der Waals surface area contributed by atoms with E-state index in [1.165, 1.54) is 28.0 Å². The van der Waals surface area contributed by atoms with Gasteiger partial charge in [-0.1, -0.05) is 75.1 Å². The summed E-state index contributed by atoms with van der Waals surface area (Å²) in [6.07, 6.45) is 0.920. The van der Waals surface area contributed by atoms with Gasteiger partial charge in [-0.25, -0.2) is 0 Å². The molecule has 0 spiro atoms. The zero-order chi connectivity index (χ0) is 54.1. The van der Waals surface area contributed by atoms with E-state index in [2.05, 4.69) is 27.8 Å². The molecule has 4 aliphatic heterocycles. The highest BCUT2D eigenvalue weighted by Crippen LogP contribution is 2.59. The number of piperazine rings is 1. The van der Waals surface area contributed by atoms with Crippen LogP contribution in [-0.4, -0.2) is 140 Å². The van der Waals surface area contributed by atoms with Gasteiger partial charge in [-0.15, -0.1) is 11.3 Å². The van der Waals surface area contributed by atoms with Gasteiger partial charge >= 0.3 is 13.3 Å². The fraction of sp³-hybridized carbons (Fsp3) is 0.404. The second-order valence-corrected chi connectivity index (χ2v) is 22.6. The smallest absolute Gasteiger partial charge is 0.355 e. The summed E-state index contributed by atoms with van der Waals surface area (Å²) in [7, 11) is -5.87. The quantitative estimate of drug-likeness (QED) is 0.0443. The molecule has 5 N–H and O–H groups in total. The molecule has 0 saturated carbocycles. The first-order valence-corrected chi connectivity index (χ1v) is 26.7. The van der Waals surface area contributed by atoms with E-state index in [1.807, 2.05) is 30.3 Å². The van der Waals surface area contributed by atoms with Crippen molar-refractivity contribution in [3.8, 4) is 11.8 Å². The Kier molecular flexibility index (Phi) is 15.6. The molecule has 9 amide bonds. The summed E-state index contributed by atoms with van der Waals surface area (Å²) < 4.78 is 41.1. The third kappa shape index (κ3) is 11.4. The van der Waals surface area contributed by atoms with E-state index in [0.29, 0.717) is 24.2 Å². The van der Waals surface area contributed by atoms with Crippen molar-refractivity contribution in [1.29, 1.82) is 0 Å². The summed E-state index contributed by atoms with van der Waals surface area (Å²) in [5, 5.41) is 7.71. The van der Waals surface area contributed by atoms with Gasteiger partial charge in [-0.3, -0.25) is 57.9 Å². The lowest BCUT2D eigenvalue weighted by Crippen LogP contribution is -2.66. The molecule has 0 radical (unpaired) electrons. The average molecular weight is 1070 g/mol. The fourth-order valence-electron chi connectivity index (χ4n) is 9.75. The number of carbonyl (C=O) groups is 9. The highest BCUT2D eigenvalue weighted by atomic mass is 32.1. The maximum Gasteiger partial charge on any atom is 0.399 e. The largest absolute Gasteiger partial charge is 0.399 e. The molecule has 0 aliphatic carbocycles. The Labute approximate surface area is 433 Å². The van der Waals surface area contributed by atoms with Crippen molar-refractivity contribution < 1.29 is 66.3 Å². The number of halogens is 2. The number of benzene rings is 3. The molecule has 4 atom stereocenters. The molecule has 5 heterocycles. The number of nitrogens with zero attached hydrogens (tertiary/aromatic N) is 4. The number of likely N-dealkylation sites (tertiary alicyclic amines) is 1. The van der Waals surface area contributed by atoms with Crippen LogP contribution in [-0.2, 0) is 39.0 Å². The summed E-state index contributed by atoms with van der Waals surface area (Å²) in [6, 6.07) is 14.9. The van der Waals surface area contributed by atoms with Crippen LogP contribution in [0.3, 0.4) is 0 Å². The summed E-state index contributed by atoms with van der Waals surface area (Å²) in [5.74, 6) is 0.0531. The highest BCUT2D eigenvalue weighted by molar-refractivity contribution is 7.52. The van der Waals surface area contributed by atoms with Gasteiger partial charge in [0.15, 0.2) is 0 Å². The van der Waals surface area contributed by atoms with Crippen LogP contribution in [0.4, 0.5) is 8.78 Å². The summed E-state index contributed by atoms with van der Waals surface area (Å²) >= 11 is 0.917. The molecule has 0 bridgehead atoms. The van der Waals surface area contributed by atoms with Crippen molar-refractivity contribution in [3.05, 3.63) is 105 Å². The fourth-order valence-corrected chi connectivity index (χ4v) is 11.2. The van der Waals surface area contributed by atoms with Crippen molar-refractivity contribution >= 4 is 82.2 Å². The lowest BCUT2D eigenvalue weighted by atomic mass is 9.85. The number of hydrogen-bond donors (Lipinski definition) is 5. The number of hydrogen-bond acceptors (Lipinski definition) is 11. The lowest BCUT2D eigenvalue weighted by Gasteiger charge is -2.45. The number of amides is 9. The standard InChI is InChI=1S/C52H54F2N7O12PS/c1-51(2,3)44(57-46(66)39-26-33-25-34(17-19-38(33)75-39)52(53,54)74(71,72)73)50(70)60-24-23-58(29-37(60)48(68)59-22-10-15-32(28-59)30-11-5-4-6-12-30)42(64)27-41(63)55-21-8-7-13-31-14-9-16-35-43(31)49(69)61(47(35)67)36-18-20-40(62)56-45(36)65/h4-6,9,11-12,14,16-17,19,25-26,32,36-37,44H,8,10,15,18,20-24,27-29H2,1-3H3,(H,55,63)(H,57,66)(H,56,62,65)(H2,71,72,73)/t32-,36?,37-,44+/m0/s1. The minimum atomic E-state index is -5.87. The van der Waals surface area contributed by atoms with Gasteiger partial charge < -0.3 is 35.1 Å². The van der Waals surface area contributed by atoms with Crippen molar-refractivity contribution in [2.24, 2.45) is 5.41 Å². The molecule has 394 valence electrons. The van der Waals surface area contributed by atoms with E-state index in [4.69, 9.17) is 0 Å². The molecule has 19 nitrogen and oxygen atoms in total. The molecule has 1 unspecified atom stereocenters. The topological polar surface area (TPSA) is 260 Å². The van der Waals surface area contributed by atoms with Crippen molar-refractivity contribution in [1.82, 2.24) is 35.6 Å². The molecule has 8 rings (SSSR count). The van der Waals surface area contributed by atoms with Crippen LogP contribution in [0.25, 0.3) is 10.1 Å². The van der Waals surface area contributed by atoms with Crippen LogP contribution < -0.4 is 16.0 Å². The third-order valence-corrected chi connectivity index (χ3v) is 15.8. The molecule has 3 saturated heterocycles. The number of piperidine rings is 2. The Morgan fingerprint density at radius 2 is 1.64 bits per heavy atom. The molecule has 1 aromatic heterocycles. The van der Waals surface area contributed by atoms with Crippen molar-refractivity contribution in [3.63, 3.8) is 0 Å². The van der Waals surface area contributed by atoms with Crippen molar-refractivity contribution in [2.75, 3.05) is 39.3 Å². The summed E-state index contributed by atoms with van der Waals surface area (Å²) in [4.78, 5) is 145. The molecule has 4 aliphatic rings. The molecule has 75 heavy (non-hydrogen) atoms. The van der Waals surface area contributed by atoms with Gasteiger partial charge in [0.05, 0.1) is 22.5 Å². The van der Waals surface area contributed by atoms with E-state index in [9.17, 15) is 66.3 Å². The predicted molar refractivity (Wildman–Crippen MR) is 268 cm³/mol. The van der Waals surface area contributed by atoms with E-state index in [0.717, 1.165) is 40.4 Å². The van der Waals surface area contributed by atoms with E-state index >= 15 is 0 Å². The zero-order valence-corrected chi connectivity index (χ0v) is 42.8. The third-order valence-electron chi connectivity index (χ3n) is 13.7.